The number of ether oxygens (including phenoxy) is 1. The molecule has 27 heavy (non-hydrogen) atoms. The largest absolute Gasteiger partial charge is 0.456 e. The number of anilines is 2. The Labute approximate surface area is 157 Å². The van der Waals surface area contributed by atoms with Crippen molar-refractivity contribution in [3.63, 3.8) is 0 Å². The van der Waals surface area contributed by atoms with Gasteiger partial charge in [-0.15, -0.1) is 0 Å². The summed E-state index contributed by atoms with van der Waals surface area (Å²) in [4.78, 5) is 38.1. The van der Waals surface area contributed by atoms with Crippen molar-refractivity contribution in [1.82, 2.24) is 0 Å². The zero-order valence-corrected chi connectivity index (χ0v) is 15.8. The highest BCUT2D eigenvalue weighted by Crippen LogP contribution is 2.31. The van der Waals surface area contributed by atoms with Gasteiger partial charge in [-0.3, -0.25) is 14.4 Å². The van der Waals surface area contributed by atoms with Gasteiger partial charge in [0, 0.05) is 18.9 Å². The van der Waals surface area contributed by atoms with Gasteiger partial charge >= 0.3 is 5.97 Å². The van der Waals surface area contributed by atoms with Crippen LogP contribution in [0.1, 0.15) is 26.2 Å². The van der Waals surface area contributed by atoms with Gasteiger partial charge in [0.15, 0.2) is 16.4 Å². The third kappa shape index (κ3) is 4.65. The van der Waals surface area contributed by atoms with Crippen molar-refractivity contribution in [2.24, 2.45) is 5.92 Å². The Hall–Kier alpha value is -2.42. The first-order valence-corrected chi connectivity index (χ1v) is 10.6. The Bertz CT molecular complexity index is 866. The summed E-state index contributed by atoms with van der Waals surface area (Å²) in [7, 11) is -3.06. The summed E-state index contributed by atoms with van der Waals surface area (Å²) in [5.74, 6) is -1.39. The third-order valence-electron chi connectivity index (χ3n) is 4.77. The van der Waals surface area contributed by atoms with Gasteiger partial charge in [-0.05, 0) is 31.4 Å². The summed E-state index contributed by atoms with van der Waals surface area (Å²) in [6.07, 6.45) is 0.558. The fourth-order valence-electron chi connectivity index (χ4n) is 3.51. The van der Waals surface area contributed by atoms with Crippen LogP contribution < -0.4 is 10.2 Å². The molecule has 1 aromatic carbocycles. The van der Waals surface area contributed by atoms with Crippen molar-refractivity contribution in [3.05, 3.63) is 24.3 Å². The van der Waals surface area contributed by atoms with Gasteiger partial charge in [-0.1, -0.05) is 12.1 Å². The van der Waals surface area contributed by atoms with E-state index in [-0.39, 0.29) is 42.2 Å². The van der Waals surface area contributed by atoms with Gasteiger partial charge in [0.05, 0.1) is 22.9 Å². The van der Waals surface area contributed by atoms with E-state index >= 15 is 0 Å². The molecule has 2 aliphatic rings. The van der Waals surface area contributed by atoms with Crippen LogP contribution in [0.25, 0.3) is 0 Å². The van der Waals surface area contributed by atoms with E-state index in [1.807, 2.05) is 0 Å². The predicted octanol–water partition coefficient (Wildman–Crippen LogP) is 1.12. The van der Waals surface area contributed by atoms with Crippen LogP contribution in [0.2, 0.25) is 0 Å². The molecule has 1 N–H and O–H groups in total. The number of esters is 1. The van der Waals surface area contributed by atoms with Crippen molar-refractivity contribution >= 4 is 39.0 Å². The van der Waals surface area contributed by atoms with Gasteiger partial charge in [0.1, 0.15) is 0 Å². The lowest BCUT2D eigenvalue weighted by Gasteiger charge is -2.27. The highest BCUT2D eigenvalue weighted by atomic mass is 32.2. The van der Waals surface area contributed by atoms with E-state index < -0.39 is 28.3 Å². The number of hydrogen-bond donors (Lipinski definition) is 1. The van der Waals surface area contributed by atoms with Crippen molar-refractivity contribution < 1.29 is 27.5 Å². The number of hydrogen-bond acceptors (Lipinski definition) is 6. The molecule has 2 atom stereocenters. The summed E-state index contributed by atoms with van der Waals surface area (Å²) in [6.45, 7) is 1.30. The number of amides is 2. The average molecular weight is 394 g/mol. The molecule has 0 aromatic heterocycles. The number of carbonyl (C=O) groups excluding carboxylic acids is 3. The number of benzene rings is 1. The smallest absolute Gasteiger partial charge is 0.306 e. The van der Waals surface area contributed by atoms with Crippen LogP contribution in [0.4, 0.5) is 11.4 Å². The second-order valence-electron chi connectivity index (χ2n) is 7.02. The quantitative estimate of drug-likeness (QED) is 0.767. The number of sulfone groups is 1. The molecule has 0 aliphatic carbocycles. The summed E-state index contributed by atoms with van der Waals surface area (Å²) in [6, 6.07) is 6.56. The van der Waals surface area contributed by atoms with Crippen molar-refractivity contribution in [3.8, 4) is 0 Å². The maximum absolute atomic E-state index is 12.7. The molecule has 0 radical (unpaired) electrons. The lowest BCUT2D eigenvalue weighted by atomic mass is 10.1. The Morgan fingerprint density at radius 2 is 2.04 bits per heavy atom. The molecule has 0 unspecified atom stereocenters. The van der Waals surface area contributed by atoms with E-state index in [1.54, 1.807) is 31.2 Å². The molecule has 3 rings (SSSR count). The van der Waals surface area contributed by atoms with Crippen molar-refractivity contribution in [1.29, 1.82) is 0 Å². The minimum atomic E-state index is -3.06. The lowest BCUT2D eigenvalue weighted by molar-refractivity contribution is -0.148. The Balaban J connectivity index is 1.63. The first-order valence-electron chi connectivity index (χ1n) is 8.82. The van der Waals surface area contributed by atoms with E-state index in [1.165, 1.54) is 4.90 Å². The van der Waals surface area contributed by atoms with Gasteiger partial charge in [0.2, 0.25) is 5.91 Å². The topological polar surface area (TPSA) is 110 Å². The first kappa shape index (κ1) is 19.3. The van der Waals surface area contributed by atoms with Crippen molar-refractivity contribution in [2.45, 2.75) is 32.2 Å². The maximum atomic E-state index is 12.7. The van der Waals surface area contributed by atoms with Crippen LogP contribution in [-0.2, 0) is 29.0 Å². The van der Waals surface area contributed by atoms with Gasteiger partial charge < -0.3 is 15.0 Å². The summed E-state index contributed by atoms with van der Waals surface area (Å²) >= 11 is 0. The first-order chi connectivity index (χ1) is 12.7. The highest BCUT2D eigenvalue weighted by Gasteiger charge is 2.32. The molecule has 9 heteroatoms. The normalized spacial score (nSPS) is 23.9. The second-order valence-corrected chi connectivity index (χ2v) is 9.24. The molecule has 146 valence electrons. The zero-order chi connectivity index (χ0) is 19.6. The predicted molar refractivity (Wildman–Crippen MR) is 99.0 cm³/mol. The van der Waals surface area contributed by atoms with Gasteiger partial charge in [-0.2, -0.15) is 0 Å². The number of fused-ring (bicyclic) bond motifs is 1. The highest BCUT2D eigenvalue weighted by molar-refractivity contribution is 7.91. The van der Waals surface area contributed by atoms with Gasteiger partial charge in [0.25, 0.3) is 5.91 Å². The van der Waals surface area contributed by atoms with E-state index in [0.29, 0.717) is 17.8 Å². The minimum Gasteiger partial charge on any atom is -0.456 e. The molecular formula is C18H22N2O6S. The molecule has 1 saturated heterocycles. The second kappa shape index (κ2) is 7.67. The lowest BCUT2D eigenvalue weighted by Crippen LogP contribution is -2.41. The van der Waals surface area contributed by atoms with Crippen molar-refractivity contribution in [2.75, 3.05) is 28.3 Å². The number of rotatable bonds is 4. The molecular weight excluding hydrogens is 372 g/mol. The van der Waals surface area contributed by atoms with Crippen LogP contribution in [0.5, 0.6) is 0 Å². The molecule has 2 amide bonds. The SMILES string of the molecule is C[C@H]1CC(=O)Nc2ccccc2N1C(=O)COC(=O)C[C@@H]1CCS(=O)(=O)C1. The zero-order valence-electron chi connectivity index (χ0n) is 15.0. The van der Waals surface area contributed by atoms with Crippen LogP contribution >= 0.6 is 0 Å². The number of nitrogens with one attached hydrogen (secondary N) is 1. The molecule has 1 aromatic rings. The molecule has 0 spiro atoms. The third-order valence-corrected chi connectivity index (χ3v) is 6.60. The fraction of sp³-hybridized carbons (Fsp3) is 0.500. The molecule has 0 saturated carbocycles. The Morgan fingerprint density at radius 1 is 1.30 bits per heavy atom. The molecule has 2 heterocycles. The monoisotopic (exact) mass is 394 g/mol. The van der Waals surface area contributed by atoms with E-state index in [2.05, 4.69) is 5.32 Å². The summed E-state index contributed by atoms with van der Waals surface area (Å²) < 4.78 is 28.0. The standard InChI is InChI=1S/C18H22N2O6S/c1-12-8-16(21)19-14-4-2-3-5-15(14)20(12)17(22)10-26-18(23)9-13-6-7-27(24,25)11-13/h2-5,12-13H,6-11H2,1H3,(H,19,21)/t12-,13-/m0/s1. The number of para-hydroxylation sites is 2. The van der Waals surface area contributed by atoms with E-state index in [9.17, 15) is 22.8 Å². The Kier molecular flexibility index (Phi) is 5.50. The maximum Gasteiger partial charge on any atom is 0.306 e. The molecule has 8 nitrogen and oxygen atoms in total. The van der Waals surface area contributed by atoms with Crippen LogP contribution in [0.3, 0.4) is 0 Å². The van der Waals surface area contributed by atoms with Crippen LogP contribution in [-0.4, -0.2) is 50.4 Å². The molecule has 2 aliphatic heterocycles. The number of nitrogens with zero attached hydrogens (tertiary/aromatic N) is 1. The Morgan fingerprint density at radius 3 is 2.74 bits per heavy atom. The summed E-state index contributed by atoms with van der Waals surface area (Å²) in [5, 5.41) is 2.76. The fourth-order valence-corrected chi connectivity index (χ4v) is 5.37. The minimum absolute atomic E-state index is 0.0135. The van der Waals surface area contributed by atoms with E-state index in [0.717, 1.165) is 0 Å². The molecule has 0 bridgehead atoms. The van der Waals surface area contributed by atoms with E-state index in [4.69, 9.17) is 4.74 Å². The molecule has 1 fully saturated rings. The van der Waals surface area contributed by atoms with Crippen LogP contribution in [0, 0.1) is 5.92 Å². The summed E-state index contributed by atoms with van der Waals surface area (Å²) in [5.41, 5.74) is 1.08. The van der Waals surface area contributed by atoms with Gasteiger partial charge in [-0.25, -0.2) is 8.42 Å². The number of carbonyl (C=O) groups is 3. The van der Waals surface area contributed by atoms with Crippen LogP contribution in [0.15, 0.2) is 24.3 Å². The average Bonchev–Trinajstić information content (AvgIpc) is 2.86.